The molecule has 0 unspecified atom stereocenters. The molecule has 1 aromatic heterocycles. The molecule has 2 aromatic rings. The van der Waals surface area contributed by atoms with Gasteiger partial charge in [0, 0.05) is 10.7 Å². The van der Waals surface area contributed by atoms with Gasteiger partial charge in [-0.1, -0.05) is 11.6 Å². The molecule has 0 saturated carbocycles. The molecule has 0 aliphatic heterocycles. The van der Waals surface area contributed by atoms with Gasteiger partial charge < -0.3 is 5.32 Å². The molecule has 0 saturated heterocycles. The maximum atomic E-state index is 12.5. The zero-order valence-corrected chi connectivity index (χ0v) is 13.5. The van der Waals surface area contributed by atoms with E-state index in [1.54, 1.807) is 12.3 Å². The van der Waals surface area contributed by atoms with Gasteiger partial charge in [0.1, 0.15) is 5.82 Å². The fourth-order valence-corrected chi connectivity index (χ4v) is 2.74. The highest BCUT2D eigenvalue weighted by Gasteiger charge is 2.30. The Bertz CT molecular complexity index is 647. The van der Waals surface area contributed by atoms with E-state index in [2.05, 4.69) is 42.2 Å². The van der Waals surface area contributed by atoms with Crippen molar-refractivity contribution in [2.45, 2.75) is 6.18 Å². The summed E-state index contributed by atoms with van der Waals surface area (Å²) in [6.45, 7) is 0. The second-order valence-electron chi connectivity index (χ2n) is 3.80. The predicted octanol–water partition coefficient (Wildman–Crippen LogP) is 6.02. The number of halogens is 6. The lowest BCUT2D eigenvalue weighted by Crippen LogP contribution is -2.05. The van der Waals surface area contributed by atoms with Crippen LogP contribution in [0, 0.1) is 0 Å². The maximum absolute atomic E-state index is 12.5. The fraction of sp³-hybridized carbons (Fsp3) is 0.0833. The van der Waals surface area contributed by atoms with Gasteiger partial charge in [-0.2, -0.15) is 13.2 Å². The average Bonchev–Trinajstić information content (AvgIpc) is 2.33. The van der Waals surface area contributed by atoms with E-state index >= 15 is 0 Å². The monoisotopic (exact) mass is 428 g/mol. The Kier molecular flexibility index (Phi) is 4.61. The van der Waals surface area contributed by atoms with Crippen LogP contribution in [0.1, 0.15) is 5.56 Å². The van der Waals surface area contributed by atoms with Crippen LogP contribution >= 0.6 is 43.5 Å². The lowest BCUT2D eigenvalue weighted by Gasteiger charge is -2.12. The molecular formula is C12H6Br2ClF3N2. The van der Waals surface area contributed by atoms with Crippen molar-refractivity contribution >= 4 is 55.0 Å². The molecule has 2 rings (SSSR count). The van der Waals surface area contributed by atoms with E-state index in [4.69, 9.17) is 11.6 Å². The third-order valence-electron chi connectivity index (χ3n) is 2.36. The summed E-state index contributed by atoms with van der Waals surface area (Å²) in [7, 11) is 0. The van der Waals surface area contributed by atoms with Gasteiger partial charge in [-0.3, -0.25) is 0 Å². The van der Waals surface area contributed by atoms with E-state index in [0.717, 1.165) is 16.6 Å². The van der Waals surface area contributed by atoms with Gasteiger partial charge in [-0.15, -0.1) is 0 Å². The normalized spacial score (nSPS) is 11.5. The number of nitrogens with one attached hydrogen (secondary N) is 1. The Morgan fingerprint density at radius 3 is 2.40 bits per heavy atom. The summed E-state index contributed by atoms with van der Waals surface area (Å²) in [5, 5.41) is 2.84. The van der Waals surface area contributed by atoms with Crippen molar-refractivity contribution in [1.29, 1.82) is 0 Å². The lowest BCUT2D eigenvalue weighted by molar-refractivity contribution is -0.137. The van der Waals surface area contributed by atoms with Crippen LogP contribution in [0.2, 0.25) is 5.02 Å². The Hall–Kier alpha value is -0.790. The molecule has 0 aliphatic rings. The van der Waals surface area contributed by atoms with Gasteiger partial charge in [0.25, 0.3) is 0 Å². The van der Waals surface area contributed by atoms with Crippen LogP contribution in [0.3, 0.4) is 0 Å². The first-order valence-electron chi connectivity index (χ1n) is 5.22. The maximum Gasteiger partial charge on any atom is 0.416 e. The number of pyridine rings is 1. The van der Waals surface area contributed by atoms with E-state index in [0.29, 0.717) is 16.0 Å². The molecule has 0 bridgehead atoms. The predicted molar refractivity (Wildman–Crippen MR) is 79.4 cm³/mol. The quantitative estimate of drug-likeness (QED) is 0.630. The molecule has 20 heavy (non-hydrogen) atoms. The fourth-order valence-electron chi connectivity index (χ4n) is 1.43. The van der Waals surface area contributed by atoms with Crippen LogP contribution in [0.4, 0.5) is 24.7 Å². The molecule has 1 N–H and O–H groups in total. The van der Waals surface area contributed by atoms with E-state index in [9.17, 15) is 13.2 Å². The summed E-state index contributed by atoms with van der Waals surface area (Å²) < 4.78 is 39.0. The number of rotatable bonds is 2. The Morgan fingerprint density at radius 1 is 1.15 bits per heavy atom. The second-order valence-corrected chi connectivity index (χ2v) is 5.98. The van der Waals surface area contributed by atoms with Crippen molar-refractivity contribution in [3.63, 3.8) is 0 Å². The van der Waals surface area contributed by atoms with Crippen molar-refractivity contribution in [2.75, 3.05) is 5.32 Å². The van der Waals surface area contributed by atoms with Crippen LogP contribution in [0.5, 0.6) is 0 Å². The molecule has 0 spiro atoms. The second kappa shape index (κ2) is 5.91. The summed E-state index contributed by atoms with van der Waals surface area (Å²) >= 11 is 12.4. The highest BCUT2D eigenvalue weighted by atomic mass is 79.9. The molecule has 0 amide bonds. The standard InChI is InChI=1S/C12H6Br2ClF3N2/c13-7-4-8(14)11(19-5-7)20-10-2-1-6(3-9(10)15)12(16,17)18/h1-5H,(H,19,20). The van der Waals surface area contributed by atoms with Gasteiger partial charge in [0.05, 0.1) is 20.7 Å². The number of aromatic nitrogens is 1. The summed E-state index contributed by atoms with van der Waals surface area (Å²) in [5.41, 5.74) is -0.453. The van der Waals surface area contributed by atoms with E-state index < -0.39 is 11.7 Å². The topological polar surface area (TPSA) is 24.9 Å². The zero-order chi connectivity index (χ0) is 14.9. The number of hydrogen-bond donors (Lipinski definition) is 1. The Labute approximate surface area is 134 Å². The highest BCUT2D eigenvalue weighted by molar-refractivity contribution is 9.11. The van der Waals surface area contributed by atoms with Crippen LogP contribution in [-0.2, 0) is 6.18 Å². The minimum atomic E-state index is -4.42. The van der Waals surface area contributed by atoms with E-state index in [-0.39, 0.29) is 5.02 Å². The number of nitrogens with zero attached hydrogens (tertiary/aromatic N) is 1. The highest BCUT2D eigenvalue weighted by Crippen LogP contribution is 2.35. The first-order valence-corrected chi connectivity index (χ1v) is 7.18. The molecule has 0 radical (unpaired) electrons. The molecule has 0 fully saturated rings. The number of benzene rings is 1. The largest absolute Gasteiger partial charge is 0.416 e. The molecule has 0 atom stereocenters. The summed E-state index contributed by atoms with van der Waals surface area (Å²) in [4.78, 5) is 4.10. The van der Waals surface area contributed by atoms with Crippen molar-refractivity contribution < 1.29 is 13.2 Å². The molecule has 2 nitrogen and oxygen atoms in total. The average molecular weight is 430 g/mol. The van der Waals surface area contributed by atoms with Crippen LogP contribution in [0.15, 0.2) is 39.4 Å². The van der Waals surface area contributed by atoms with Crippen LogP contribution in [-0.4, -0.2) is 4.98 Å². The summed E-state index contributed by atoms with van der Waals surface area (Å²) in [6, 6.07) is 4.85. The number of hydrogen-bond acceptors (Lipinski definition) is 2. The SMILES string of the molecule is FC(F)(F)c1ccc(Nc2ncc(Br)cc2Br)c(Cl)c1. The minimum absolute atomic E-state index is 0.0311. The van der Waals surface area contributed by atoms with E-state index in [1.807, 2.05) is 0 Å². The van der Waals surface area contributed by atoms with Gasteiger partial charge in [0.15, 0.2) is 0 Å². The van der Waals surface area contributed by atoms with Crippen molar-refractivity contribution in [3.05, 3.63) is 50.0 Å². The zero-order valence-electron chi connectivity index (χ0n) is 9.60. The van der Waals surface area contributed by atoms with Crippen molar-refractivity contribution in [2.24, 2.45) is 0 Å². The number of alkyl halides is 3. The first-order chi connectivity index (χ1) is 9.27. The molecular weight excluding hydrogens is 424 g/mol. The van der Waals surface area contributed by atoms with Gasteiger partial charge in [-0.25, -0.2) is 4.98 Å². The summed E-state index contributed by atoms with van der Waals surface area (Å²) in [6.07, 6.45) is -2.86. The van der Waals surface area contributed by atoms with Gasteiger partial charge in [-0.05, 0) is 56.1 Å². The molecule has 8 heteroatoms. The van der Waals surface area contributed by atoms with Crippen LogP contribution < -0.4 is 5.32 Å². The molecule has 1 aromatic carbocycles. The van der Waals surface area contributed by atoms with Gasteiger partial charge >= 0.3 is 6.18 Å². The van der Waals surface area contributed by atoms with Crippen molar-refractivity contribution in [3.8, 4) is 0 Å². The number of anilines is 2. The first kappa shape index (κ1) is 15.6. The smallest absolute Gasteiger partial charge is 0.338 e. The molecule has 1 heterocycles. The third kappa shape index (κ3) is 3.65. The lowest BCUT2D eigenvalue weighted by atomic mass is 10.2. The van der Waals surface area contributed by atoms with Gasteiger partial charge in [0.2, 0.25) is 0 Å². The van der Waals surface area contributed by atoms with Crippen LogP contribution in [0.25, 0.3) is 0 Å². The minimum Gasteiger partial charge on any atom is -0.338 e. The Morgan fingerprint density at radius 2 is 1.85 bits per heavy atom. The van der Waals surface area contributed by atoms with E-state index in [1.165, 1.54) is 6.07 Å². The third-order valence-corrected chi connectivity index (χ3v) is 3.71. The summed E-state index contributed by atoms with van der Waals surface area (Å²) in [5.74, 6) is 0.454. The molecule has 106 valence electrons. The Balaban J connectivity index is 2.30. The van der Waals surface area contributed by atoms with Crippen molar-refractivity contribution in [1.82, 2.24) is 4.98 Å². The molecule has 0 aliphatic carbocycles.